The van der Waals surface area contributed by atoms with Gasteiger partial charge in [-0.15, -0.1) is 0 Å². The quantitative estimate of drug-likeness (QED) is 0.808. The van der Waals surface area contributed by atoms with Gasteiger partial charge in [0, 0.05) is 12.1 Å². The third-order valence-electron chi connectivity index (χ3n) is 2.85. The number of halogens is 2. The second-order valence-corrected chi connectivity index (χ2v) is 5.13. The number of aliphatic carboxylic acids is 1. The molecule has 0 aliphatic heterocycles. The van der Waals surface area contributed by atoms with Gasteiger partial charge in [0.1, 0.15) is 5.75 Å². The third-order valence-corrected chi connectivity index (χ3v) is 2.85. The molecule has 0 aliphatic rings. The molecule has 1 amide bonds. The van der Waals surface area contributed by atoms with Gasteiger partial charge in [-0.1, -0.05) is 18.2 Å². The summed E-state index contributed by atoms with van der Waals surface area (Å²) in [6, 6.07) is 5.96. The lowest BCUT2D eigenvalue weighted by molar-refractivity contribution is -0.146. The van der Waals surface area contributed by atoms with Crippen molar-refractivity contribution in [3.63, 3.8) is 0 Å². The van der Waals surface area contributed by atoms with Gasteiger partial charge < -0.3 is 15.2 Å². The van der Waals surface area contributed by atoms with E-state index in [4.69, 9.17) is 5.11 Å². The maximum Gasteiger partial charge on any atom is 0.387 e. The number of benzene rings is 1. The normalized spacial score (nSPS) is 11.3. The van der Waals surface area contributed by atoms with Crippen molar-refractivity contribution in [2.45, 2.75) is 26.9 Å². The molecular weight excluding hydrogens is 284 g/mol. The molecule has 116 valence electrons. The number of hydrogen-bond acceptors (Lipinski definition) is 3. The molecule has 0 aromatic heterocycles. The lowest BCUT2D eigenvalue weighted by Gasteiger charge is -2.19. The molecule has 0 radical (unpaired) electrons. The van der Waals surface area contributed by atoms with Crippen LogP contribution in [0.1, 0.15) is 19.4 Å². The molecule has 0 unspecified atom stereocenters. The van der Waals surface area contributed by atoms with E-state index < -0.39 is 23.9 Å². The number of amides is 1. The molecule has 0 heterocycles. The number of hydrogen-bond donors (Lipinski definition) is 2. The fourth-order valence-electron chi connectivity index (χ4n) is 1.49. The van der Waals surface area contributed by atoms with Crippen LogP contribution in [-0.2, 0) is 16.0 Å². The second kappa shape index (κ2) is 7.01. The Bertz CT molecular complexity index is 517. The Kier molecular flexibility index (Phi) is 5.63. The first-order chi connectivity index (χ1) is 9.72. The van der Waals surface area contributed by atoms with Crippen LogP contribution in [0.3, 0.4) is 0 Å². The summed E-state index contributed by atoms with van der Waals surface area (Å²) in [4.78, 5) is 22.7. The standard InChI is InChI=1S/C14H17F2NO4/c1-14(2,12(19)20)8-17-11(18)7-9-5-3-4-6-10(9)21-13(15)16/h3-6,13H,7-8H2,1-2H3,(H,17,18)(H,19,20). The Balaban J connectivity index is 2.65. The van der Waals surface area contributed by atoms with E-state index >= 15 is 0 Å². The fraction of sp³-hybridized carbons (Fsp3) is 0.429. The van der Waals surface area contributed by atoms with E-state index in [1.165, 1.54) is 32.0 Å². The SMILES string of the molecule is CC(C)(CNC(=O)Cc1ccccc1OC(F)F)C(=O)O. The van der Waals surface area contributed by atoms with Crippen molar-refractivity contribution in [2.75, 3.05) is 6.54 Å². The first kappa shape index (κ1) is 16.9. The lowest BCUT2D eigenvalue weighted by atomic mass is 9.94. The Morgan fingerprint density at radius 1 is 1.33 bits per heavy atom. The van der Waals surface area contributed by atoms with Crippen LogP contribution in [0.4, 0.5) is 8.78 Å². The maximum atomic E-state index is 12.2. The molecule has 7 heteroatoms. The van der Waals surface area contributed by atoms with Gasteiger partial charge in [-0.25, -0.2) is 0 Å². The van der Waals surface area contributed by atoms with Crippen LogP contribution in [0.2, 0.25) is 0 Å². The van der Waals surface area contributed by atoms with Crippen LogP contribution < -0.4 is 10.1 Å². The number of nitrogens with one attached hydrogen (secondary N) is 1. The molecule has 5 nitrogen and oxygen atoms in total. The highest BCUT2D eigenvalue weighted by molar-refractivity contribution is 5.80. The largest absolute Gasteiger partial charge is 0.481 e. The molecular formula is C14H17F2NO4. The average molecular weight is 301 g/mol. The number of para-hydroxylation sites is 1. The zero-order chi connectivity index (χ0) is 16.0. The van der Waals surface area contributed by atoms with Gasteiger partial charge in [-0.3, -0.25) is 9.59 Å². The minimum absolute atomic E-state index is 0.0565. The van der Waals surface area contributed by atoms with Crippen molar-refractivity contribution in [2.24, 2.45) is 5.41 Å². The van der Waals surface area contributed by atoms with Crippen molar-refractivity contribution in [3.05, 3.63) is 29.8 Å². The van der Waals surface area contributed by atoms with Crippen molar-refractivity contribution in [1.29, 1.82) is 0 Å². The molecule has 0 fully saturated rings. The highest BCUT2D eigenvalue weighted by atomic mass is 19.3. The van der Waals surface area contributed by atoms with Crippen LogP contribution in [0, 0.1) is 5.41 Å². The summed E-state index contributed by atoms with van der Waals surface area (Å²) in [6.45, 7) is -0.0773. The highest BCUT2D eigenvalue weighted by Crippen LogP contribution is 2.21. The van der Waals surface area contributed by atoms with Gasteiger partial charge in [0.05, 0.1) is 11.8 Å². The number of carbonyl (C=O) groups excluding carboxylic acids is 1. The van der Waals surface area contributed by atoms with E-state index in [2.05, 4.69) is 10.1 Å². The van der Waals surface area contributed by atoms with Gasteiger partial charge in [-0.05, 0) is 19.9 Å². The molecule has 0 saturated carbocycles. The van der Waals surface area contributed by atoms with Crippen LogP contribution in [-0.4, -0.2) is 30.1 Å². The van der Waals surface area contributed by atoms with Gasteiger partial charge >= 0.3 is 12.6 Å². The van der Waals surface area contributed by atoms with Gasteiger partial charge in [0.2, 0.25) is 5.91 Å². The molecule has 0 aliphatic carbocycles. The summed E-state index contributed by atoms with van der Waals surface area (Å²) >= 11 is 0. The third kappa shape index (κ3) is 5.37. The first-order valence-corrected chi connectivity index (χ1v) is 6.25. The van der Waals surface area contributed by atoms with Crippen molar-refractivity contribution < 1.29 is 28.2 Å². The van der Waals surface area contributed by atoms with Crippen molar-refractivity contribution in [3.8, 4) is 5.75 Å². The van der Waals surface area contributed by atoms with E-state index in [-0.39, 0.29) is 18.7 Å². The van der Waals surface area contributed by atoms with Gasteiger partial charge in [-0.2, -0.15) is 8.78 Å². The summed E-state index contributed by atoms with van der Waals surface area (Å²) in [7, 11) is 0. The maximum absolute atomic E-state index is 12.2. The molecule has 1 aromatic rings. The van der Waals surface area contributed by atoms with E-state index in [0.717, 1.165) is 0 Å². The van der Waals surface area contributed by atoms with Crippen LogP contribution >= 0.6 is 0 Å². The lowest BCUT2D eigenvalue weighted by Crippen LogP contribution is -2.39. The highest BCUT2D eigenvalue weighted by Gasteiger charge is 2.27. The van der Waals surface area contributed by atoms with E-state index in [1.807, 2.05) is 0 Å². The first-order valence-electron chi connectivity index (χ1n) is 6.25. The molecule has 21 heavy (non-hydrogen) atoms. The van der Waals surface area contributed by atoms with E-state index in [0.29, 0.717) is 5.56 Å². The van der Waals surface area contributed by atoms with Crippen LogP contribution in [0.25, 0.3) is 0 Å². The van der Waals surface area contributed by atoms with Gasteiger partial charge in [0.25, 0.3) is 0 Å². The number of alkyl halides is 2. The number of carboxylic acid groups (broad SMARTS) is 1. The molecule has 0 saturated heterocycles. The van der Waals surface area contributed by atoms with E-state index in [1.54, 1.807) is 6.07 Å². The predicted octanol–water partition coefficient (Wildman–Crippen LogP) is 2.06. The fourth-order valence-corrected chi connectivity index (χ4v) is 1.49. The minimum Gasteiger partial charge on any atom is -0.481 e. The summed E-state index contributed by atoms with van der Waals surface area (Å²) < 4.78 is 28.8. The Labute approximate surface area is 120 Å². The Hall–Kier alpha value is -2.18. The molecule has 0 bridgehead atoms. The summed E-state index contributed by atoms with van der Waals surface area (Å²) in [6.07, 6.45) is -0.168. The predicted molar refractivity (Wildman–Crippen MR) is 71.2 cm³/mol. The second-order valence-electron chi connectivity index (χ2n) is 5.13. The smallest absolute Gasteiger partial charge is 0.387 e. The van der Waals surface area contributed by atoms with E-state index in [9.17, 15) is 18.4 Å². The van der Waals surface area contributed by atoms with Gasteiger partial charge in [0.15, 0.2) is 0 Å². The Morgan fingerprint density at radius 3 is 2.52 bits per heavy atom. The Morgan fingerprint density at radius 2 is 1.95 bits per heavy atom. The summed E-state index contributed by atoms with van der Waals surface area (Å²) in [5, 5.41) is 11.4. The molecule has 1 aromatic carbocycles. The molecule has 0 spiro atoms. The number of carboxylic acids is 1. The topological polar surface area (TPSA) is 75.6 Å². The number of carbonyl (C=O) groups is 2. The zero-order valence-electron chi connectivity index (χ0n) is 11.7. The average Bonchev–Trinajstić information content (AvgIpc) is 2.38. The number of rotatable bonds is 7. The molecule has 0 atom stereocenters. The number of ether oxygens (including phenoxy) is 1. The molecule has 1 rings (SSSR count). The monoisotopic (exact) mass is 301 g/mol. The molecule has 2 N–H and O–H groups in total. The van der Waals surface area contributed by atoms with Crippen molar-refractivity contribution >= 4 is 11.9 Å². The summed E-state index contributed by atoms with van der Waals surface area (Å²) in [5.74, 6) is -1.57. The van der Waals surface area contributed by atoms with Crippen molar-refractivity contribution in [1.82, 2.24) is 5.32 Å². The van der Waals surface area contributed by atoms with Crippen LogP contribution in [0.5, 0.6) is 5.75 Å². The summed E-state index contributed by atoms with van der Waals surface area (Å²) in [5.41, 5.74) is -0.794. The van der Waals surface area contributed by atoms with Crippen LogP contribution in [0.15, 0.2) is 24.3 Å². The zero-order valence-corrected chi connectivity index (χ0v) is 11.7. The minimum atomic E-state index is -2.97.